The molecule has 1 aromatic rings. The quantitative estimate of drug-likeness (QED) is 0.812. The van der Waals surface area contributed by atoms with Gasteiger partial charge in [-0.2, -0.15) is 0 Å². The normalized spacial score (nSPS) is 21.4. The maximum absolute atomic E-state index is 13.2. The molecule has 1 heterocycles. The lowest BCUT2D eigenvalue weighted by atomic mass is 9.98. The summed E-state index contributed by atoms with van der Waals surface area (Å²) in [6.45, 7) is 1.86. The predicted molar refractivity (Wildman–Crippen MR) is 56.0 cm³/mol. The first-order valence-corrected chi connectivity index (χ1v) is 5.36. The standard InChI is InChI=1S/C10H11BrFNO/c11-8-3-7(4-9(12)10(8)14)6-1-2-13-5-6/h3-4,6,13-14H,1-2,5H2. The maximum Gasteiger partial charge on any atom is 0.166 e. The second kappa shape index (κ2) is 3.87. The van der Waals surface area contributed by atoms with E-state index in [2.05, 4.69) is 21.2 Å². The fourth-order valence-corrected chi connectivity index (χ4v) is 2.21. The molecule has 1 aliphatic heterocycles. The molecular weight excluding hydrogens is 249 g/mol. The summed E-state index contributed by atoms with van der Waals surface area (Å²) < 4.78 is 13.6. The predicted octanol–water partition coefficient (Wildman–Crippen LogP) is 2.37. The molecule has 0 amide bonds. The first kappa shape index (κ1) is 9.93. The molecule has 0 bridgehead atoms. The number of benzene rings is 1. The molecule has 2 N–H and O–H groups in total. The molecule has 0 saturated carbocycles. The van der Waals surface area contributed by atoms with Crippen molar-refractivity contribution in [1.82, 2.24) is 5.32 Å². The summed E-state index contributed by atoms with van der Waals surface area (Å²) in [6, 6.07) is 3.20. The van der Waals surface area contributed by atoms with Crippen LogP contribution in [0.3, 0.4) is 0 Å². The number of hydrogen-bond acceptors (Lipinski definition) is 2. The molecule has 76 valence electrons. The van der Waals surface area contributed by atoms with Gasteiger partial charge in [-0.3, -0.25) is 0 Å². The van der Waals surface area contributed by atoms with E-state index in [1.54, 1.807) is 6.07 Å². The lowest BCUT2D eigenvalue weighted by molar-refractivity contribution is 0.428. The van der Waals surface area contributed by atoms with Crippen LogP contribution in [0.2, 0.25) is 0 Å². The maximum atomic E-state index is 13.2. The van der Waals surface area contributed by atoms with Crippen LogP contribution in [0.15, 0.2) is 16.6 Å². The van der Waals surface area contributed by atoms with Crippen LogP contribution in [-0.2, 0) is 0 Å². The topological polar surface area (TPSA) is 32.3 Å². The van der Waals surface area contributed by atoms with Crippen molar-refractivity contribution in [2.24, 2.45) is 0 Å². The molecule has 1 saturated heterocycles. The molecule has 0 aromatic heterocycles. The van der Waals surface area contributed by atoms with Crippen molar-refractivity contribution >= 4 is 15.9 Å². The van der Waals surface area contributed by atoms with Crippen molar-refractivity contribution in [3.8, 4) is 5.75 Å². The van der Waals surface area contributed by atoms with Crippen molar-refractivity contribution in [3.05, 3.63) is 28.0 Å². The third-order valence-corrected chi connectivity index (χ3v) is 3.18. The average Bonchev–Trinajstić information content (AvgIpc) is 2.66. The third-order valence-electron chi connectivity index (χ3n) is 2.57. The summed E-state index contributed by atoms with van der Waals surface area (Å²) in [5.74, 6) is -0.498. The van der Waals surface area contributed by atoms with Gasteiger partial charge in [0.05, 0.1) is 4.47 Å². The van der Waals surface area contributed by atoms with Gasteiger partial charge >= 0.3 is 0 Å². The molecule has 2 rings (SSSR count). The van der Waals surface area contributed by atoms with E-state index < -0.39 is 5.82 Å². The van der Waals surface area contributed by atoms with Crippen molar-refractivity contribution < 1.29 is 9.50 Å². The minimum atomic E-state index is -0.554. The Kier molecular flexibility index (Phi) is 2.74. The molecule has 0 radical (unpaired) electrons. The van der Waals surface area contributed by atoms with Crippen LogP contribution < -0.4 is 5.32 Å². The van der Waals surface area contributed by atoms with E-state index in [1.807, 2.05) is 0 Å². The summed E-state index contributed by atoms with van der Waals surface area (Å²) in [4.78, 5) is 0. The summed E-state index contributed by atoms with van der Waals surface area (Å²) >= 11 is 3.13. The fraction of sp³-hybridized carbons (Fsp3) is 0.400. The van der Waals surface area contributed by atoms with Gasteiger partial charge in [0.2, 0.25) is 0 Å². The second-order valence-corrected chi connectivity index (χ2v) is 4.38. The highest BCUT2D eigenvalue weighted by molar-refractivity contribution is 9.10. The number of hydrogen-bond donors (Lipinski definition) is 2. The summed E-state index contributed by atoms with van der Waals surface area (Å²) in [5, 5.41) is 12.5. The largest absolute Gasteiger partial charge is 0.504 e. The average molecular weight is 260 g/mol. The van der Waals surface area contributed by atoms with Crippen molar-refractivity contribution in [2.45, 2.75) is 12.3 Å². The Morgan fingerprint density at radius 3 is 2.86 bits per heavy atom. The zero-order chi connectivity index (χ0) is 10.1. The first-order chi connectivity index (χ1) is 6.68. The molecule has 0 aliphatic carbocycles. The van der Waals surface area contributed by atoms with Crippen molar-refractivity contribution in [1.29, 1.82) is 0 Å². The summed E-state index contributed by atoms with van der Waals surface area (Å²) in [6.07, 6.45) is 1.02. The highest BCUT2D eigenvalue weighted by atomic mass is 79.9. The number of phenols is 1. The fourth-order valence-electron chi connectivity index (χ4n) is 1.76. The van der Waals surface area contributed by atoms with E-state index >= 15 is 0 Å². The third kappa shape index (κ3) is 1.77. The van der Waals surface area contributed by atoms with Gasteiger partial charge in [0.15, 0.2) is 11.6 Å². The van der Waals surface area contributed by atoms with E-state index in [-0.39, 0.29) is 5.75 Å². The molecule has 14 heavy (non-hydrogen) atoms. The number of rotatable bonds is 1. The Labute approximate surface area is 90.3 Å². The van der Waals surface area contributed by atoms with Gasteiger partial charge in [-0.15, -0.1) is 0 Å². The molecule has 1 aromatic carbocycles. The van der Waals surface area contributed by atoms with E-state index in [1.165, 1.54) is 6.07 Å². The van der Waals surface area contributed by atoms with Gasteiger partial charge in [-0.25, -0.2) is 4.39 Å². The Morgan fingerprint density at radius 2 is 2.29 bits per heavy atom. The van der Waals surface area contributed by atoms with Gasteiger partial charge in [0, 0.05) is 6.54 Å². The molecule has 1 atom stereocenters. The van der Waals surface area contributed by atoms with Gasteiger partial charge in [-0.05, 0) is 52.5 Å². The van der Waals surface area contributed by atoms with Gasteiger partial charge < -0.3 is 10.4 Å². The van der Waals surface area contributed by atoms with E-state index in [0.717, 1.165) is 25.1 Å². The number of nitrogens with one attached hydrogen (secondary N) is 1. The smallest absolute Gasteiger partial charge is 0.166 e. The molecule has 1 aliphatic rings. The molecule has 1 fully saturated rings. The highest BCUT2D eigenvalue weighted by Gasteiger charge is 2.19. The molecular formula is C10H11BrFNO. The number of aromatic hydroxyl groups is 1. The summed E-state index contributed by atoms with van der Waals surface area (Å²) in [7, 11) is 0. The van der Waals surface area contributed by atoms with Crippen LogP contribution in [0.1, 0.15) is 17.9 Å². The Hall–Kier alpha value is -0.610. The van der Waals surface area contributed by atoms with Crippen LogP contribution in [0.4, 0.5) is 4.39 Å². The van der Waals surface area contributed by atoms with Gasteiger partial charge in [0.25, 0.3) is 0 Å². The number of halogens is 2. The van der Waals surface area contributed by atoms with E-state index in [9.17, 15) is 9.50 Å². The Morgan fingerprint density at radius 1 is 1.50 bits per heavy atom. The van der Waals surface area contributed by atoms with Crippen LogP contribution >= 0.6 is 15.9 Å². The van der Waals surface area contributed by atoms with Crippen molar-refractivity contribution in [2.75, 3.05) is 13.1 Å². The van der Waals surface area contributed by atoms with Crippen LogP contribution in [0.25, 0.3) is 0 Å². The SMILES string of the molecule is Oc1c(F)cc(C2CCNC2)cc1Br. The zero-order valence-corrected chi connectivity index (χ0v) is 9.14. The Balaban J connectivity index is 2.34. The first-order valence-electron chi connectivity index (χ1n) is 4.57. The Bertz CT molecular complexity index is 327. The second-order valence-electron chi connectivity index (χ2n) is 3.52. The monoisotopic (exact) mass is 259 g/mol. The van der Waals surface area contributed by atoms with E-state index in [4.69, 9.17) is 0 Å². The van der Waals surface area contributed by atoms with Gasteiger partial charge in [0.1, 0.15) is 0 Å². The lowest BCUT2D eigenvalue weighted by Crippen LogP contribution is -2.08. The highest BCUT2D eigenvalue weighted by Crippen LogP contribution is 2.32. The van der Waals surface area contributed by atoms with Crippen LogP contribution in [0.5, 0.6) is 5.75 Å². The molecule has 0 spiro atoms. The molecule has 4 heteroatoms. The molecule has 1 unspecified atom stereocenters. The molecule has 2 nitrogen and oxygen atoms in total. The van der Waals surface area contributed by atoms with E-state index in [0.29, 0.717) is 10.4 Å². The number of phenolic OH excluding ortho intramolecular Hbond substituents is 1. The summed E-state index contributed by atoms with van der Waals surface area (Å²) in [5.41, 5.74) is 0.942. The van der Waals surface area contributed by atoms with Gasteiger partial charge in [-0.1, -0.05) is 0 Å². The van der Waals surface area contributed by atoms with Crippen molar-refractivity contribution in [3.63, 3.8) is 0 Å². The van der Waals surface area contributed by atoms with Crippen LogP contribution in [-0.4, -0.2) is 18.2 Å². The minimum Gasteiger partial charge on any atom is -0.504 e. The zero-order valence-electron chi connectivity index (χ0n) is 7.56. The van der Waals surface area contributed by atoms with Crippen LogP contribution in [0, 0.1) is 5.82 Å². The minimum absolute atomic E-state index is 0.306. The lowest BCUT2D eigenvalue weighted by Gasteiger charge is -2.10.